The molecule has 1 heterocycles. The summed E-state index contributed by atoms with van der Waals surface area (Å²) < 4.78 is 11.2. The van der Waals surface area contributed by atoms with Gasteiger partial charge in [0.1, 0.15) is 23.0 Å². The predicted octanol–water partition coefficient (Wildman–Crippen LogP) is 3.04. The van der Waals surface area contributed by atoms with Crippen molar-refractivity contribution in [3.05, 3.63) is 36.1 Å². The zero-order chi connectivity index (χ0) is 11.9. The van der Waals surface area contributed by atoms with E-state index in [1.807, 2.05) is 30.3 Å². The minimum Gasteiger partial charge on any atom is -0.458 e. The quantitative estimate of drug-likeness (QED) is 0.884. The lowest BCUT2D eigenvalue weighted by molar-refractivity contribution is -0.157. The van der Waals surface area contributed by atoms with Crippen LogP contribution in [0.3, 0.4) is 0 Å². The normalized spacial score (nSPS) is 20.1. The zero-order valence-corrected chi connectivity index (χ0v) is 9.85. The fourth-order valence-electron chi connectivity index (χ4n) is 2.51. The van der Waals surface area contributed by atoms with Crippen LogP contribution in [0.4, 0.5) is 0 Å². The van der Waals surface area contributed by atoms with Crippen molar-refractivity contribution in [2.24, 2.45) is 0 Å². The molecule has 1 unspecified atom stereocenters. The number of aliphatic hydroxyl groups is 1. The van der Waals surface area contributed by atoms with Gasteiger partial charge >= 0.3 is 0 Å². The zero-order valence-electron chi connectivity index (χ0n) is 9.85. The van der Waals surface area contributed by atoms with E-state index in [9.17, 15) is 5.11 Å². The van der Waals surface area contributed by atoms with E-state index in [4.69, 9.17) is 9.15 Å². The molecule has 3 heteroatoms. The van der Waals surface area contributed by atoms with E-state index in [0.717, 1.165) is 30.2 Å². The van der Waals surface area contributed by atoms with Crippen LogP contribution in [0, 0.1) is 0 Å². The average Bonchev–Trinajstić information content (AvgIpc) is 2.71. The maximum atomic E-state index is 10.4. The number of benzene rings is 1. The molecule has 1 atom stereocenters. The minimum absolute atomic E-state index is 0.437. The van der Waals surface area contributed by atoms with Crippen molar-refractivity contribution in [2.75, 3.05) is 7.11 Å². The third-order valence-corrected chi connectivity index (χ3v) is 3.82. The highest BCUT2D eigenvalue weighted by molar-refractivity contribution is 5.77. The maximum absolute atomic E-state index is 10.4. The molecule has 3 nitrogen and oxygen atoms in total. The molecule has 0 amide bonds. The van der Waals surface area contributed by atoms with Crippen molar-refractivity contribution in [2.45, 2.75) is 31.0 Å². The van der Waals surface area contributed by atoms with E-state index in [0.29, 0.717) is 5.76 Å². The molecule has 1 aliphatic rings. The Labute approximate surface area is 100.0 Å². The topological polar surface area (TPSA) is 42.6 Å². The molecule has 17 heavy (non-hydrogen) atoms. The summed E-state index contributed by atoms with van der Waals surface area (Å²) in [5.74, 6) is 0.604. The molecule has 1 aromatic heterocycles. The van der Waals surface area contributed by atoms with Crippen LogP contribution in [0.25, 0.3) is 11.0 Å². The lowest BCUT2D eigenvalue weighted by Gasteiger charge is -2.43. The Morgan fingerprint density at radius 3 is 2.71 bits per heavy atom. The van der Waals surface area contributed by atoms with Gasteiger partial charge in [-0.25, -0.2) is 0 Å². The predicted molar refractivity (Wildman–Crippen MR) is 64.8 cm³/mol. The van der Waals surface area contributed by atoms with E-state index in [1.165, 1.54) is 0 Å². The number of ether oxygens (including phenoxy) is 1. The summed E-state index contributed by atoms with van der Waals surface area (Å²) in [5, 5.41) is 11.4. The van der Waals surface area contributed by atoms with Crippen LogP contribution in [0.1, 0.15) is 31.1 Å². The highest BCUT2D eigenvalue weighted by atomic mass is 16.5. The molecule has 0 radical (unpaired) electrons. The summed E-state index contributed by atoms with van der Waals surface area (Å²) in [6.45, 7) is 0. The van der Waals surface area contributed by atoms with E-state index < -0.39 is 11.7 Å². The van der Waals surface area contributed by atoms with Crippen molar-refractivity contribution in [3.63, 3.8) is 0 Å². The molecular formula is C14H16O3. The van der Waals surface area contributed by atoms with E-state index >= 15 is 0 Å². The molecule has 90 valence electrons. The van der Waals surface area contributed by atoms with Crippen LogP contribution < -0.4 is 0 Å². The Morgan fingerprint density at radius 2 is 2.12 bits per heavy atom. The molecule has 1 N–H and O–H groups in total. The standard InChI is InChI=1S/C14H16O3/c1-16-14(7-4-8-14)13(15)12-9-10-5-2-3-6-11(10)17-12/h2-3,5-6,9,13,15H,4,7-8H2,1H3. The van der Waals surface area contributed by atoms with E-state index in [-0.39, 0.29) is 0 Å². The van der Waals surface area contributed by atoms with Gasteiger partial charge in [0, 0.05) is 12.5 Å². The minimum atomic E-state index is -0.673. The second kappa shape index (κ2) is 3.86. The van der Waals surface area contributed by atoms with Gasteiger partial charge in [0.2, 0.25) is 0 Å². The average molecular weight is 232 g/mol. The fourth-order valence-corrected chi connectivity index (χ4v) is 2.51. The summed E-state index contributed by atoms with van der Waals surface area (Å²) in [7, 11) is 1.66. The lowest BCUT2D eigenvalue weighted by atomic mass is 9.75. The summed E-state index contributed by atoms with van der Waals surface area (Å²) >= 11 is 0. The molecule has 1 saturated carbocycles. The molecule has 1 aromatic carbocycles. The largest absolute Gasteiger partial charge is 0.458 e. The molecule has 0 aliphatic heterocycles. The molecule has 0 saturated heterocycles. The second-order valence-corrected chi connectivity index (χ2v) is 4.71. The number of para-hydroxylation sites is 1. The van der Waals surface area contributed by atoms with Gasteiger partial charge in [-0.05, 0) is 31.4 Å². The Hall–Kier alpha value is -1.32. The third kappa shape index (κ3) is 1.58. The van der Waals surface area contributed by atoms with Crippen LogP contribution in [0.2, 0.25) is 0 Å². The van der Waals surface area contributed by atoms with Crippen molar-refractivity contribution in [3.8, 4) is 0 Å². The SMILES string of the molecule is COC1(C(O)c2cc3ccccc3o2)CCC1. The molecule has 2 aromatic rings. The van der Waals surface area contributed by atoms with Crippen molar-refractivity contribution in [1.82, 2.24) is 0 Å². The molecule has 1 aliphatic carbocycles. The number of furan rings is 1. The van der Waals surface area contributed by atoms with Gasteiger partial charge in [0.15, 0.2) is 0 Å². The maximum Gasteiger partial charge on any atom is 0.140 e. The summed E-state index contributed by atoms with van der Waals surface area (Å²) in [5.41, 5.74) is 0.376. The number of methoxy groups -OCH3 is 1. The van der Waals surface area contributed by atoms with Crippen molar-refractivity contribution >= 4 is 11.0 Å². The van der Waals surface area contributed by atoms with Gasteiger partial charge in [-0.15, -0.1) is 0 Å². The molecule has 0 bridgehead atoms. The van der Waals surface area contributed by atoms with Crippen molar-refractivity contribution < 1.29 is 14.3 Å². The molecular weight excluding hydrogens is 216 g/mol. The van der Waals surface area contributed by atoms with Gasteiger partial charge in [0.25, 0.3) is 0 Å². The highest BCUT2D eigenvalue weighted by Crippen LogP contribution is 2.45. The van der Waals surface area contributed by atoms with Gasteiger partial charge in [-0.3, -0.25) is 0 Å². The van der Waals surface area contributed by atoms with Crippen LogP contribution in [0.15, 0.2) is 34.7 Å². The Balaban J connectivity index is 1.97. The third-order valence-electron chi connectivity index (χ3n) is 3.82. The van der Waals surface area contributed by atoms with Crippen LogP contribution >= 0.6 is 0 Å². The number of rotatable bonds is 3. The number of hydrogen-bond donors (Lipinski definition) is 1. The van der Waals surface area contributed by atoms with Crippen LogP contribution in [0.5, 0.6) is 0 Å². The highest BCUT2D eigenvalue weighted by Gasteiger charge is 2.46. The fraction of sp³-hybridized carbons (Fsp3) is 0.429. The molecule has 0 spiro atoms. The van der Waals surface area contributed by atoms with Crippen LogP contribution in [-0.2, 0) is 4.74 Å². The van der Waals surface area contributed by atoms with Gasteiger partial charge in [-0.2, -0.15) is 0 Å². The smallest absolute Gasteiger partial charge is 0.140 e. The summed E-state index contributed by atoms with van der Waals surface area (Å²) in [6, 6.07) is 9.68. The van der Waals surface area contributed by atoms with E-state index in [1.54, 1.807) is 7.11 Å². The number of aliphatic hydroxyl groups excluding tert-OH is 1. The van der Waals surface area contributed by atoms with E-state index in [2.05, 4.69) is 0 Å². The molecule has 1 fully saturated rings. The first-order chi connectivity index (χ1) is 8.25. The number of hydrogen-bond acceptors (Lipinski definition) is 3. The van der Waals surface area contributed by atoms with Crippen LogP contribution in [-0.4, -0.2) is 17.8 Å². The lowest BCUT2D eigenvalue weighted by Crippen LogP contribution is -2.44. The first-order valence-corrected chi connectivity index (χ1v) is 5.97. The monoisotopic (exact) mass is 232 g/mol. The Bertz CT molecular complexity index is 486. The Morgan fingerprint density at radius 1 is 1.35 bits per heavy atom. The summed E-state index contributed by atoms with van der Waals surface area (Å²) in [4.78, 5) is 0. The Kier molecular flexibility index (Phi) is 2.45. The molecule has 3 rings (SSSR count). The second-order valence-electron chi connectivity index (χ2n) is 4.71. The van der Waals surface area contributed by atoms with Crippen molar-refractivity contribution in [1.29, 1.82) is 0 Å². The number of fused-ring (bicyclic) bond motifs is 1. The first kappa shape index (κ1) is 10.8. The van der Waals surface area contributed by atoms with Gasteiger partial charge in [-0.1, -0.05) is 18.2 Å². The summed E-state index contributed by atoms with van der Waals surface area (Å²) in [6.07, 6.45) is 2.21. The van der Waals surface area contributed by atoms with Gasteiger partial charge in [0.05, 0.1) is 0 Å². The van der Waals surface area contributed by atoms with Gasteiger partial charge < -0.3 is 14.3 Å². The first-order valence-electron chi connectivity index (χ1n) is 5.97.